The Kier molecular flexibility index (Phi) is 5.29. The number of amides is 2. The number of nitrogens with one attached hydrogen (secondary N) is 2. The molecule has 2 rings (SSSR count). The fourth-order valence-corrected chi connectivity index (χ4v) is 3.18. The van der Waals surface area contributed by atoms with Crippen molar-refractivity contribution in [3.05, 3.63) is 29.8 Å². The third-order valence-corrected chi connectivity index (χ3v) is 4.77. The lowest BCUT2D eigenvalue weighted by Gasteiger charge is -2.36. The maximum Gasteiger partial charge on any atom is 0.273 e. The van der Waals surface area contributed by atoms with E-state index in [4.69, 9.17) is 0 Å². The predicted octanol–water partition coefficient (Wildman–Crippen LogP) is 3.01. The van der Waals surface area contributed by atoms with Crippen LogP contribution in [-0.4, -0.2) is 16.9 Å². The first-order valence-electron chi connectivity index (χ1n) is 8.17. The number of benzene rings is 1. The number of hydrogen-bond donors (Lipinski definition) is 3. The molecule has 0 spiro atoms. The molecule has 0 atom stereocenters. The lowest BCUT2D eigenvalue weighted by atomic mass is 9.70. The van der Waals surface area contributed by atoms with Gasteiger partial charge < -0.3 is 5.11 Å². The highest BCUT2D eigenvalue weighted by Gasteiger charge is 2.32. The molecule has 1 saturated carbocycles. The van der Waals surface area contributed by atoms with E-state index in [-0.39, 0.29) is 28.6 Å². The molecule has 0 saturated heterocycles. The molecule has 1 aromatic carbocycles. The summed E-state index contributed by atoms with van der Waals surface area (Å²) in [6, 6.07) is 6.23. The van der Waals surface area contributed by atoms with Gasteiger partial charge in [0, 0.05) is 5.92 Å². The number of para-hydroxylation sites is 1. The highest BCUT2D eigenvalue weighted by molar-refractivity contribution is 5.97. The Bertz CT molecular complexity index is 570. The number of carbonyl (C=O) groups excluding carboxylic acids is 2. The summed E-state index contributed by atoms with van der Waals surface area (Å²) in [6.45, 7) is 6.72. The van der Waals surface area contributed by atoms with Crippen LogP contribution in [0.25, 0.3) is 0 Å². The molecule has 3 N–H and O–H groups in total. The number of aromatic hydroxyl groups is 1. The largest absolute Gasteiger partial charge is 0.507 e. The van der Waals surface area contributed by atoms with Crippen LogP contribution in [0.5, 0.6) is 5.75 Å². The lowest BCUT2D eigenvalue weighted by Crippen LogP contribution is -2.45. The van der Waals surface area contributed by atoms with Crippen molar-refractivity contribution >= 4 is 11.8 Å². The van der Waals surface area contributed by atoms with Gasteiger partial charge in [0.15, 0.2) is 0 Å². The van der Waals surface area contributed by atoms with Crippen molar-refractivity contribution in [3.8, 4) is 5.75 Å². The first-order valence-corrected chi connectivity index (χ1v) is 8.17. The van der Waals surface area contributed by atoms with E-state index >= 15 is 0 Å². The molecule has 1 fully saturated rings. The highest BCUT2D eigenvalue weighted by atomic mass is 16.3. The van der Waals surface area contributed by atoms with Gasteiger partial charge in [0.2, 0.25) is 5.91 Å². The minimum Gasteiger partial charge on any atom is -0.507 e. The van der Waals surface area contributed by atoms with Gasteiger partial charge in [-0.05, 0) is 49.1 Å². The van der Waals surface area contributed by atoms with Crippen LogP contribution in [0.1, 0.15) is 56.8 Å². The summed E-state index contributed by atoms with van der Waals surface area (Å²) in [5.41, 5.74) is 5.28. The first kappa shape index (κ1) is 17.3. The third kappa shape index (κ3) is 4.47. The second kappa shape index (κ2) is 7.02. The van der Waals surface area contributed by atoms with E-state index in [1.807, 2.05) is 0 Å². The molecule has 0 heterocycles. The molecule has 5 nitrogen and oxygen atoms in total. The van der Waals surface area contributed by atoms with Crippen LogP contribution < -0.4 is 10.9 Å². The smallest absolute Gasteiger partial charge is 0.273 e. The zero-order valence-corrected chi connectivity index (χ0v) is 14.1. The van der Waals surface area contributed by atoms with Crippen LogP contribution in [0.15, 0.2) is 24.3 Å². The molecule has 5 heteroatoms. The van der Waals surface area contributed by atoms with E-state index < -0.39 is 5.91 Å². The van der Waals surface area contributed by atoms with Crippen molar-refractivity contribution in [3.63, 3.8) is 0 Å². The normalized spacial score (nSPS) is 21.5. The maximum atomic E-state index is 12.2. The third-order valence-electron chi connectivity index (χ3n) is 4.77. The number of phenolic OH excluding ortho intramolecular Hbond substituents is 1. The summed E-state index contributed by atoms with van der Waals surface area (Å²) in [5.74, 6) is -0.188. The molecule has 1 aliphatic rings. The molecule has 1 aliphatic carbocycles. The van der Waals surface area contributed by atoms with Crippen molar-refractivity contribution in [1.82, 2.24) is 10.9 Å². The van der Waals surface area contributed by atoms with Gasteiger partial charge in [-0.1, -0.05) is 32.9 Å². The fourth-order valence-electron chi connectivity index (χ4n) is 3.18. The number of hydrogen-bond acceptors (Lipinski definition) is 3. The summed E-state index contributed by atoms with van der Waals surface area (Å²) < 4.78 is 0. The molecule has 0 radical (unpaired) electrons. The van der Waals surface area contributed by atoms with Gasteiger partial charge in [-0.2, -0.15) is 0 Å². The van der Waals surface area contributed by atoms with Gasteiger partial charge in [-0.15, -0.1) is 0 Å². The van der Waals surface area contributed by atoms with Crippen LogP contribution in [0.4, 0.5) is 0 Å². The van der Waals surface area contributed by atoms with Gasteiger partial charge in [0.05, 0.1) is 5.56 Å². The van der Waals surface area contributed by atoms with Crippen LogP contribution in [0.2, 0.25) is 0 Å². The summed E-state index contributed by atoms with van der Waals surface area (Å²) in [6.07, 6.45) is 3.77. The van der Waals surface area contributed by atoms with Gasteiger partial charge in [-0.3, -0.25) is 20.4 Å². The molecule has 0 aliphatic heterocycles. The summed E-state index contributed by atoms with van der Waals surface area (Å²) in [7, 11) is 0. The minimum absolute atomic E-state index is 0.0572. The number of hydrazine groups is 1. The number of rotatable bonds is 2. The van der Waals surface area contributed by atoms with Gasteiger partial charge in [-0.25, -0.2) is 0 Å². The molecule has 23 heavy (non-hydrogen) atoms. The quantitative estimate of drug-likeness (QED) is 0.734. The summed E-state index contributed by atoms with van der Waals surface area (Å²) in [4.78, 5) is 24.1. The fraction of sp³-hybridized carbons (Fsp3) is 0.556. The van der Waals surface area contributed by atoms with Crippen molar-refractivity contribution in [2.45, 2.75) is 46.5 Å². The van der Waals surface area contributed by atoms with E-state index in [0.29, 0.717) is 5.92 Å². The van der Waals surface area contributed by atoms with Crippen LogP contribution >= 0.6 is 0 Å². The first-order chi connectivity index (χ1) is 10.8. The second-order valence-corrected chi connectivity index (χ2v) is 7.38. The van der Waals surface area contributed by atoms with E-state index in [1.165, 1.54) is 12.1 Å². The molecule has 1 aromatic rings. The predicted molar refractivity (Wildman–Crippen MR) is 88.6 cm³/mol. The molecular formula is C18H26N2O3. The van der Waals surface area contributed by atoms with Crippen molar-refractivity contribution in [1.29, 1.82) is 0 Å². The minimum atomic E-state index is -0.514. The average Bonchev–Trinajstić information content (AvgIpc) is 2.52. The Morgan fingerprint density at radius 1 is 1.04 bits per heavy atom. The molecule has 0 bridgehead atoms. The number of phenols is 1. The molecule has 0 unspecified atom stereocenters. The maximum absolute atomic E-state index is 12.2. The molecule has 2 amide bonds. The number of carbonyl (C=O) groups is 2. The highest BCUT2D eigenvalue weighted by Crippen LogP contribution is 2.39. The molecular weight excluding hydrogens is 292 g/mol. The SMILES string of the molecule is CC(C)(C)C1CCC(C(=O)NNC(=O)c2ccccc2O)CC1. The van der Waals surface area contributed by atoms with Crippen LogP contribution in [0, 0.1) is 17.3 Å². The Labute approximate surface area is 137 Å². The van der Waals surface area contributed by atoms with E-state index in [0.717, 1.165) is 25.7 Å². The molecule has 126 valence electrons. The summed E-state index contributed by atoms with van der Waals surface area (Å²) in [5, 5.41) is 9.63. The lowest BCUT2D eigenvalue weighted by molar-refractivity contribution is -0.127. The Morgan fingerprint density at radius 3 is 2.22 bits per heavy atom. The van der Waals surface area contributed by atoms with Crippen molar-refractivity contribution < 1.29 is 14.7 Å². The Balaban J connectivity index is 1.82. The molecule has 0 aromatic heterocycles. The summed E-state index contributed by atoms with van der Waals surface area (Å²) >= 11 is 0. The van der Waals surface area contributed by atoms with Gasteiger partial charge in [0.1, 0.15) is 5.75 Å². The van der Waals surface area contributed by atoms with Gasteiger partial charge >= 0.3 is 0 Å². The van der Waals surface area contributed by atoms with Crippen LogP contribution in [-0.2, 0) is 4.79 Å². The van der Waals surface area contributed by atoms with E-state index in [2.05, 4.69) is 31.6 Å². The van der Waals surface area contributed by atoms with Crippen molar-refractivity contribution in [2.75, 3.05) is 0 Å². The standard InChI is InChI=1S/C18H26N2O3/c1-18(2,3)13-10-8-12(9-11-13)16(22)19-20-17(23)14-6-4-5-7-15(14)21/h4-7,12-13,21H,8-11H2,1-3H3,(H,19,22)(H,20,23). The van der Waals surface area contributed by atoms with Crippen LogP contribution in [0.3, 0.4) is 0 Å². The van der Waals surface area contributed by atoms with Gasteiger partial charge in [0.25, 0.3) is 5.91 Å². The Hall–Kier alpha value is -2.04. The average molecular weight is 318 g/mol. The monoisotopic (exact) mass is 318 g/mol. The van der Waals surface area contributed by atoms with E-state index in [1.54, 1.807) is 12.1 Å². The zero-order chi connectivity index (χ0) is 17.0. The Morgan fingerprint density at radius 2 is 1.65 bits per heavy atom. The van der Waals surface area contributed by atoms with Crippen molar-refractivity contribution in [2.24, 2.45) is 17.3 Å². The topological polar surface area (TPSA) is 78.4 Å². The van der Waals surface area contributed by atoms with E-state index in [9.17, 15) is 14.7 Å². The zero-order valence-electron chi connectivity index (χ0n) is 14.1. The second-order valence-electron chi connectivity index (χ2n) is 7.38.